The minimum Gasteiger partial charge on any atom is -0.479 e. The third-order valence-corrected chi connectivity index (χ3v) is 3.23. The second-order valence-electron chi connectivity index (χ2n) is 4.74. The lowest BCUT2D eigenvalue weighted by molar-refractivity contribution is -0.152. The smallest absolute Gasteiger partial charge is 0.333 e. The fraction of sp³-hybridized carbons (Fsp3) is 0.462. The molecule has 0 amide bonds. The van der Waals surface area contributed by atoms with Crippen LogP contribution >= 0.6 is 0 Å². The first-order chi connectivity index (χ1) is 8.46. The summed E-state index contributed by atoms with van der Waals surface area (Å²) in [6.07, 6.45) is -0.919. The van der Waals surface area contributed by atoms with E-state index >= 15 is 0 Å². The molecule has 1 unspecified atom stereocenters. The van der Waals surface area contributed by atoms with E-state index in [-0.39, 0.29) is 6.79 Å². The molecule has 0 aromatic heterocycles. The number of carboxylic acids is 1. The van der Waals surface area contributed by atoms with Crippen LogP contribution in [0, 0.1) is 0 Å². The van der Waals surface area contributed by atoms with Crippen LogP contribution in [0.4, 0.5) is 0 Å². The lowest BCUT2D eigenvalue weighted by Crippen LogP contribution is -2.41. The van der Waals surface area contributed by atoms with E-state index in [0.717, 1.165) is 5.56 Å². The first kappa shape index (κ1) is 12.7. The van der Waals surface area contributed by atoms with Gasteiger partial charge in [0.1, 0.15) is 0 Å². The van der Waals surface area contributed by atoms with Gasteiger partial charge in [0, 0.05) is 12.5 Å². The van der Waals surface area contributed by atoms with Gasteiger partial charge in [-0.2, -0.15) is 0 Å². The molecule has 1 N–H and O–H groups in total. The number of carboxylic acid groups (broad SMARTS) is 1. The van der Waals surface area contributed by atoms with Crippen LogP contribution in [-0.4, -0.2) is 31.1 Å². The Hall–Kier alpha value is -1.75. The molecule has 2 rings (SSSR count). The van der Waals surface area contributed by atoms with E-state index in [0.29, 0.717) is 11.5 Å². The minimum absolute atomic E-state index is 0.200. The van der Waals surface area contributed by atoms with E-state index in [1.807, 2.05) is 19.9 Å². The van der Waals surface area contributed by atoms with Crippen LogP contribution in [-0.2, 0) is 14.9 Å². The summed E-state index contributed by atoms with van der Waals surface area (Å²) >= 11 is 0. The van der Waals surface area contributed by atoms with Crippen molar-refractivity contribution in [2.45, 2.75) is 25.4 Å². The molecular formula is C13H16O5. The molecule has 18 heavy (non-hydrogen) atoms. The van der Waals surface area contributed by atoms with Gasteiger partial charge in [-0.05, 0) is 17.7 Å². The van der Waals surface area contributed by atoms with E-state index < -0.39 is 17.5 Å². The van der Waals surface area contributed by atoms with Crippen LogP contribution in [0.5, 0.6) is 11.5 Å². The van der Waals surface area contributed by atoms with Crippen molar-refractivity contribution in [1.29, 1.82) is 0 Å². The molecule has 0 fully saturated rings. The van der Waals surface area contributed by atoms with Gasteiger partial charge in [0.2, 0.25) is 6.79 Å². The Labute approximate surface area is 105 Å². The molecule has 5 heteroatoms. The Morgan fingerprint density at radius 2 is 2.06 bits per heavy atom. The number of methoxy groups -OCH3 is 1. The average molecular weight is 252 g/mol. The van der Waals surface area contributed by atoms with Crippen molar-refractivity contribution in [2.75, 3.05) is 13.9 Å². The van der Waals surface area contributed by atoms with Crippen LogP contribution in [0.3, 0.4) is 0 Å². The predicted octanol–water partition coefficient (Wildman–Crippen LogP) is 1.79. The monoisotopic (exact) mass is 252 g/mol. The van der Waals surface area contributed by atoms with Crippen molar-refractivity contribution in [1.82, 2.24) is 0 Å². The highest BCUT2D eigenvalue weighted by Crippen LogP contribution is 2.38. The lowest BCUT2D eigenvalue weighted by Gasteiger charge is -2.30. The third kappa shape index (κ3) is 2.01. The van der Waals surface area contributed by atoms with Crippen molar-refractivity contribution in [3.8, 4) is 11.5 Å². The fourth-order valence-corrected chi connectivity index (χ4v) is 2.15. The molecule has 0 radical (unpaired) electrons. The highest BCUT2D eigenvalue weighted by atomic mass is 16.7. The molecule has 1 aromatic carbocycles. The van der Waals surface area contributed by atoms with Crippen LogP contribution in [0.2, 0.25) is 0 Å². The summed E-state index contributed by atoms with van der Waals surface area (Å²) in [7, 11) is 1.40. The summed E-state index contributed by atoms with van der Waals surface area (Å²) in [6.45, 7) is 3.85. The topological polar surface area (TPSA) is 65.0 Å². The highest BCUT2D eigenvalue weighted by Gasteiger charge is 2.37. The van der Waals surface area contributed by atoms with E-state index in [2.05, 4.69) is 0 Å². The number of hydrogen-bond acceptors (Lipinski definition) is 4. The zero-order valence-corrected chi connectivity index (χ0v) is 10.6. The van der Waals surface area contributed by atoms with Gasteiger partial charge < -0.3 is 19.3 Å². The van der Waals surface area contributed by atoms with Gasteiger partial charge in [0.05, 0.1) is 0 Å². The largest absolute Gasteiger partial charge is 0.479 e. The van der Waals surface area contributed by atoms with Crippen molar-refractivity contribution >= 4 is 5.97 Å². The molecule has 1 aliphatic rings. The highest BCUT2D eigenvalue weighted by molar-refractivity contribution is 5.75. The van der Waals surface area contributed by atoms with Crippen LogP contribution in [0.15, 0.2) is 18.2 Å². The lowest BCUT2D eigenvalue weighted by atomic mass is 9.79. The van der Waals surface area contributed by atoms with Gasteiger partial charge in [-0.3, -0.25) is 0 Å². The van der Waals surface area contributed by atoms with Gasteiger partial charge in [-0.1, -0.05) is 19.9 Å². The van der Waals surface area contributed by atoms with Gasteiger partial charge in [-0.25, -0.2) is 4.79 Å². The van der Waals surface area contributed by atoms with Gasteiger partial charge in [-0.15, -0.1) is 0 Å². The molecule has 1 aliphatic heterocycles. The van der Waals surface area contributed by atoms with Crippen LogP contribution in [0.25, 0.3) is 0 Å². The first-order valence-corrected chi connectivity index (χ1v) is 5.62. The summed E-state index contributed by atoms with van der Waals surface area (Å²) in [5.41, 5.74) is 0.169. The Kier molecular flexibility index (Phi) is 3.17. The molecule has 1 heterocycles. The maximum absolute atomic E-state index is 11.2. The summed E-state index contributed by atoms with van der Waals surface area (Å²) < 4.78 is 15.6. The summed E-state index contributed by atoms with van der Waals surface area (Å²) in [5, 5.41) is 9.18. The molecule has 0 saturated carbocycles. The average Bonchev–Trinajstić information content (AvgIpc) is 2.75. The van der Waals surface area contributed by atoms with Gasteiger partial charge >= 0.3 is 5.97 Å². The molecule has 5 nitrogen and oxygen atoms in total. The van der Waals surface area contributed by atoms with E-state index in [1.54, 1.807) is 12.1 Å². The van der Waals surface area contributed by atoms with E-state index in [9.17, 15) is 9.90 Å². The summed E-state index contributed by atoms with van der Waals surface area (Å²) in [6, 6.07) is 5.42. The van der Waals surface area contributed by atoms with Crippen molar-refractivity contribution < 1.29 is 24.1 Å². The zero-order valence-electron chi connectivity index (χ0n) is 10.6. The summed E-state index contributed by atoms with van der Waals surface area (Å²) in [5.74, 6) is 0.333. The second-order valence-corrected chi connectivity index (χ2v) is 4.74. The molecule has 0 saturated heterocycles. The number of hydrogen-bond donors (Lipinski definition) is 1. The van der Waals surface area contributed by atoms with Gasteiger partial charge in [0.25, 0.3) is 0 Å². The number of fused-ring (bicyclic) bond motifs is 1. The van der Waals surface area contributed by atoms with Gasteiger partial charge in [0.15, 0.2) is 17.6 Å². The molecular weight excluding hydrogens is 236 g/mol. The minimum atomic E-state index is -0.986. The van der Waals surface area contributed by atoms with Crippen molar-refractivity contribution in [2.24, 2.45) is 0 Å². The molecule has 0 spiro atoms. The molecule has 98 valence electrons. The van der Waals surface area contributed by atoms with E-state index in [1.165, 1.54) is 7.11 Å². The number of rotatable bonds is 4. The first-order valence-electron chi connectivity index (χ1n) is 5.62. The number of benzene rings is 1. The molecule has 0 aliphatic carbocycles. The second kappa shape index (κ2) is 4.49. The Balaban J connectivity index is 2.37. The predicted molar refractivity (Wildman–Crippen MR) is 64.0 cm³/mol. The number of aliphatic carboxylic acids is 1. The Bertz CT molecular complexity index is 466. The molecule has 1 atom stereocenters. The Morgan fingerprint density at radius 1 is 1.39 bits per heavy atom. The van der Waals surface area contributed by atoms with Crippen LogP contribution in [0.1, 0.15) is 19.4 Å². The van der Waals surface area contributed by atoms with Crippen molar-refractivity contribution in [3.63, 3.8) is 0 Å². The Morgan fingerprint density at radius 3 is 2.67 bits per heavy atom. The SMILES string of the molecule is COC(C(=O)O)C(C)(C)c1ccc2c(c1)OCO2. The maximum Gasteiger partial charge on any atom is 0.333 e. The maximum atomic E-state index is 11.2. The normalized spacial score (nSPS) is 15.5. The van der Waals surface area contributed by atoms with Crippen LogP contribution < -0.4 is 9.47 Å². The summed E-state index contributed by atoms with van der Waals surface area (Å²) in [4.78, 5) is 11.2. The van der Waals surface area contributed by atoms with Crippen molar-refractivity contribution in [3.05, 3.63) is 23.8 Å². The standard InChI is InChI=1S/C13H16O5/c1-13(2,11(16-3)12(14)15)8-4-5-9-10(6-8)18-7-17-9/h4-6,11H,7H2,1-3H3,(H,14,15). The fourth-order valence-electron chi connectivity index (χ4n) is 2.15. The quantitative estimate of drug-likeness (QED) is 0.885. The van der Waals surface area contributed by atoms with E-state index in [4.69, 9.17) is 14.2 Å². The number of ether oxygens (including phenoxy) is 3. The third-order valence-electron chi connectivity index (χ3n) is 3.23. The number of carbonyl (C=O) groups is 1. The molecule has 0 bridgehead atoms. The molecule has 1 aromatic rings. The zero-order chi connectivity index (χ0) is 13.3.